The van der Waals surface area contributed by atoms with Gasteiger partial charge in [0.2, 0.25) is 5.91 Å². The van der Waals surface area contributed by atoms with E-state index in [4.69, 9.17) is 10.2 Å². The highest BCUT2D eigenvalue weighted by molar-refractivity contribution is 5.83. The number of nitrogens with one attached hydrogen (secondary N) is 1. The summed E-state index contributed by atoms with van der Waals surface area (Å²) in [6, 6.07) is -1.19. The number of aliphatic hydroxyl groups excluding tert-OH is 1. The van der Waals surface area contributed by atoms with E-state index in [1.165, 1.54) is 25.7 Å². The van der Waals surface area contributed by atoms with Crippen LogP contribution >= 0.6 is 0 Å². The van der Waals surface area contributed by atoms with Crippen LogP contribution in [0.15, 0.2) is 12.2 Å². The number of allylic oxidation sites excluding steroid dienone is 2. The molecule has 1 atom stereocenters. The average Bonchev–Trinajstić information content (AvgIpc) is 2.50. The van der Waals surface area contributed by atoms with Crippen molar-refractivity contribution in [3.8, 4) is 0 Å². The lowest BCUT2D eigenvalue weighted by Crippen LogP contribution is -2.43. The Morgan fingerprint density at radius 2 is 1.59 bits per heavy atom. The normalized spacial score (nSPS) is 12.5. The molecule has 22 heavy (non-hydrogen) atoms. The van der Waals surface area contributed by atoms with E-state index in [0.29, 0.717) is 6.42 Å². The molecule has 0 aliphatic carbocycles. The van der Waals surface area contributed by atoms with Crippen LogP contribution in [0.25, 0.3) is 0 Å². The first-order chi connectivity index (χ1) is 10.6. The largest absolute Gasteiger partial charge is 0.480 e. The van der Waals surface area contributed by atoms with Gasteiger partial charge in [-0.05, 0) is 25.7 Å². The van der Waals surface area contributed by atoms with Crippen LogP contribution in [-0.2, 0) is 9.59 Å². The van der Waals surface area contributed by atoms with Crippen molar-refractivity contribution in [2.75, 3.05) is 6.61 Å². The quantitative estimate of drug-likeness (QED) is 0.340. The van der Waals surface area contributed by atoms with Crippen LogP contribution in [0, 0.1) is 0 Å². The average molecular weight is 313 g/mol. The van der Waals surface area contributed by atoms with Crippen LogP contribution in [0.1, 0.15) is 71.1 Å². The van der Waals surface area contributed by atoms with Gasteiger partial charge in [-0.3, -0.25) is 4.79 Å². The van der Waals surface area contributed by atoms with E-state index in [-0.39, 0.29) is 5.91 Å². The molecule has 0 bridgehead atoms. The summed E-state index contributed by atoms with van der Waals surface area (Å²) in [4.78, 5) is 22.1. The summed E-state index contributed by atoms with van der Waals surface area (Å²) < 4.78 is 0. The summed E-state index contributed by atoms with van der Waals surface area (Å²) in [5, 5.41) is 19.8. The molecule has 0 unspecified atom stereocenters. The van der Waals surface area contributed by atoms with Crippen LogP contribution in [0.3, 0.4) is 0 Å². The molecule has 5 heteroatoms. The van der Waals surface area contributed by atoms with Crippen LogP contribution < -0.4 is 5.32 Å². The molecule has 0 saturated carbocycles. The van der Waals surface area contributed by atoms with Crippen molar-refractivity contribution in [2.24, 2.45) is 0 Å². The van der Waals surface area contributed by atoms with E-state index in [2.05, 4.69) is 24.4 Å². The Labute approximate surface area is 133 Å². The summed E-state index contributed by atoms with van der Waals surface area (Å²) >= 11 is 0. The maximum absolute atomic E-state index is 11.5. The number of rotatable bonds is 14. The first-order valence-corrected chi connectivity index (χ1v) is 8.39. The van der Waals surface area contributed by atoms with Crippen LogP contribution in [0.4, 0.5) is 0 Å². The second kappa shape index (κ2) is 14.6. The maximum atomic E-state index is 11.5. The van der Waals surface area contributed by atoms with Crippen LogP contribution in [-0.4, -0.2) is 34.7 Å². The third-order valence-corrected chi connectivity index (χ3v) is 3.48. The minimum atomic E-state index is -1.21. The molecule has 1 amide bonds. The van der Waals surface area contributed by atoms with E-state index in [9.17, 15) is 9.59 Å². The Hall–Kier alpha value is -1.36. The van der Waals surface area contributed by atoms with Crippen molar-refractivity contribution in [1.29, 1.82) is 0 Å². The number of carbonyl (C=O) groups is 2. The van der Waals surface area contributed by atoms with Crippen molar-refractivity contribution >= 4 is 11.9 Å². The minimum Gasteiger partial charge on any atom is -0.480 e. The molecule has 128 valence electrons. The summed E-state index contributed by atoms with van der Waals surface area (Å²) in [6.45, 7) is 1.62. The van der Waals surface area contributed by atoms with Crippen LogP contribution in [0.5, 0.6) is 0 Å². The molecule has 0 aliphatic heterocycles. The highest BCUT2D eigenvalue weighted by Crippen LogP contribution is 2.08. The second-order valence-electron chi connectivity index (χ2n) is 5.56. The third-order valence-electron chi connectivity index (χ3n) is 3.48. The SMILES string of the molecule is CCCC/C=C\CCCCCCCC(=O)N[C@@H](CO)C(=O)O. The van der Waals surface area contributed by atoms with Gasteiger partial charge in [0.1, 0.15) is 6.04 Å². The number of unbranched alkanes of at least 4 members (excludes halogenated alkanes) is 7. The van der Waals surface area contributed by atoms with Gasteiger partial charge in [0, 0.05) is 6.42 Å². The standard InChI is InChI=1S/C17H31NO4/c1-2-3-4-5-6-7-8-9-10-11-12-13-16(20)18-15(14-19)17(21)22/h5-6,15,19H,2-4,7-14H2,1H3,(H,18,20)(H,21,22)/b6-5-/t15-/m0/s1. The first kappa shape index (κ1) is 20.6. The Morgan fingerprint density at radius 1 is 1.00 bits per heavy atom. The fraction of sp³-hybridized carbons (Fsp3) is 0.765. The van der Waals surface area contributed by atoms with E-state index in [0.717, 1.165) is 32.1 Å². The molecule has 0 spiro atoms. The number of amides is 1. The molecule has 0 aromatic carbocycles. The van der Waals surface area contributed by atoms with Gasteiger partial charge in [-0.25, -0.2) is 4.79 Å². The molecule has 0 aromatic rings. The third kappa shape index (κ3) is 12.4. The number of carboxylic acids is 1. The zero-order chi connectivity index (χ0) is 16.6. The minimum absolute atomic E-state index is 0.305. The molecule has 0 aromatic heterocycles. The van der Waals surface area contributed by atoms with E-state index in [1.54, 1.807) is 0 Å². The molecule has 0 aliphatic rings. The smallest absolute Gasteiger partial charge is 0.328 e. The number of carboxylic acid groups (broad SMARTS) is 1. The van der Waals surface area contributed by atoms with Gasteiger partial charge in [-0.15, -0.1) is 0 Å². The van der Waals surface area contributed by atoms with E-state index < -0.39 is 18.6 Å². The molecule has 3 N–H and O–H groups in total. The number of hydrogen-bond donors (Lipinski definition) is 3. The number of aliphatic hydroxyl groups is 1. The zero-order valence-electron chi connectivity index (χ0n) is 13.7. The Balaban J connectivity index is 3.44. The van der Waals surface area contributed by atoms with Gasteiger partial charge >= 0.3 is 5.97 Å². The van der Waals surface area contributed by atoms with E-state index >= 15 is 0 Å². The first-order valence-electron chi connectivity index (χ1n) is 8.39. The Morgan fingerprint density at radius 3 is 2.18 bits per heavy atom. The molecule has 5 nitrogen and oxygen atoms in total. The maximum Gasteiger partial charge on any atom is 0.328 e. The van der Waals surface area contributed by atoms with Gasteiger partial charge < -0.3 is 15.5 Å². The Bertz CT molecular complexity index is 329. The van der Waals surface area contributed by atoms with Gasteiger partial charge in [-0.2, -0.15) is 0 Å². The monoisotopic (exact) mass is 313 g/mol. The zero-order valence-corrected chi connectivity index (χ0v) is 13.7. The Kier molecular flexibility index (Phi) is 13.7. The molecule has 0 fully saturated rings. The second-order valence-corrected chi connectivity index (χ2v) is 5.56. The molecule has 0 saturated heterocycles. The predicted octanol–water partition coefficient (Wildman–Crippen LogP) is 3.03. The lowest BCUT2D eigenvalue weighted by molar-refractivity contribution is -0.142. The number of aliphatic carboxylic acids is 1. The van der Waals surface area contributed by atoms with Crippen molar-refractivity contribution in [2.45, 2.75) is 77.2 Å². The predicted molar refractivity (Wildman–Crippen MR) is 87.6 cm³/mol. The van der Waals surface area contributed by atoms with Crippen molar-refractivity contribution in [1.82, 2.24) is 5.32 Å². The van der Waals surface area contributed by atoms with Gasteiger partial charge in [0.05, 0.1) is 6.61 Å². The topological polar surface area (TPSA) is 86.6 Å². The van der Waals surface area contributed by atoms with Gasteiger partial charge in [0.25, 0.3) is 0 Å². The van der Waals surface area contributed by atoms with Crippen molar-refractivity contribution in [3.05, 3.63) is 12.2 Å². The number of hydrogen-bond acceptors (Lipinski definition) is 3. The summed E-state index contributed by atoms with van der Waals surface area (Å²) in [6.07, 6.45) is 14.8. The highest BCUT2D eigenvalue weighted by atomic mass is 16.4. The lowest BCUT2D eigenvalue weighted by atomic mass is 10.1. The van der Waals surface area contributed by atoms with Gasteiger partial charge in [-0.1, -0.05) is 51.2 Å². The molecular formula is C17H31NO4. The van der Waals surface area contributed by atoms with Gasteiger partial charge in [0.15, 0.2) is 0 Å². The highest BCUT2D eigenvalue weighted by Gasteiger charge is 2.17. The summed E-state index contributed by atoms with van der Waals surface area (Å²) in [5.41, 5.74) is 0. The van der Waals surface area contributed by atoms with Crippen LogP contribution in [0.2, 0.25) is 0 Å². The fourth-order valence-corrected chi connectivity index (χ4v) is 2.09. The van der Waals surface area contributed by atoms with E-state index in [1.807, 2.05) is 0 Å². The van der Waals surface area contributed by atoms with Crippen molar-refractivity contribution < 1.29 is 19.8 Å². The molecule has 0 heterocycles. The molecular weight excluding hydrogens is 282 g/mol. The summed E-state index contributed by atoms with van der Waals surface area (Å²) in [5.74, 6) is -1.51. The molecule has 0 rings (SSSR count). The van der Waals surface area contributed by atoms with Crippen molar-refractivity contribution in [3.63, 3.8) is 0 Å². The fourth-order valence-electron chi connectivity index (χ4n) is 2.09. The number of carbonyl (C=O) groups excluding carboxylic acids is 1. The summed E-state index contributed by atoms with van der Waals surface area (Å²) in [7, 11) is 0. The molecule has 0 radical (unpaired) electrons. The lowest BCUT2D eigenvalue weighted by Gasteiger charge is -2.11.